The topological polar surface area (TPSA) is 12.0 Å². The first kappa shape index (κ1) is 12.8. The van der Waals surface area contributed by atoms with E-state index in [0.29, 0.717) is 11.1 Å². The molecule has 1 atom stereocenters. The van der Waals surface area contributed by atoms with Crippen molar-refractivity contribution in [1.82, 2.24) is 5.32 Å². The van der Waals surface area contributed by atoms with E-state index in [2.05, 4.69) is 12.2 Å². The maximum atomic E-state index is 13.1. The van der Waals surface area contributed by atoms with E-state index in [1.165, 1.54) is 18.9 Å². The molecule has 0 saturated heterocycles. The predicted octanol–water partition coefficient (Wildman–Crippen LogP) is 3.80. The summed E-state index contributed by atoms with van der Waals surface area (Å²) >= 11 is 6.06. The van der Waals surface area contributed by atoms with Crippen LogP contribution in [0.15, 0.2) is 18.2 Å². The number of halogens is 2. The molecule has 0 aliphatic heterocycles. The van der Waals surface area contributed by atoms with Gasteiger partial charge in [-0.2, -0.15) is 0 Å². The molecule has 1 nitrogen and oxygen atoms in total. The van der Waals surface area contributed by atoms with Crippen molar-refractivity contribution in [3.05, 3.63) is 34.6 Å². The second kappa shape index (κ2) is 5.83. The van der Waals surface area contributed by atoms with Crippen molar-refractivity contribution < 1.29 is 4.39 Å². The molecule has 1 saturated carbocycles. The highest BCUT2D eigenvalue weighted by Gasteiger charge is 2.30. The molecule has 0 bridgehead atoms. The van der Waals surface area contributed by atoms with E-state index in [1.807, 2.05) is 0 Å². The third-order valence-electron chi connectivity index (χ3n) is 3.39. The summed E-state index contributed by atoms with van der Waals surface area (Å²) in [6.45, 7) is 3.13. The highest BCUT2D eigenvalue weighted by atomic mass is 35.5. The average molecular weight is 256 g/mol. The van der Waals surface area contributed by atoms with Crippen LogP contribution in [0.4, 0.5) is 4.39 Å². The Morgan fingerprint density at radius 3 is 2.88 bits per heavy atom. The zero-order valence-electron chi connectivity index (χ0n) is 10.2. The molecule has 1 aliphatic rings. The zero-order valence-corrected chi connectivity index (χ0v) is 10.9. The predicted molar refractivity (Wildman–Crippen MR) is 69.9 cm³/mol. The van der Waals surface area contributed by atoms with Crippen molar-refractivity contribution >= 4 is 11.6 Å². The number of hydrogen-bond acceptors (Lipinski definition) is 1. The summed E-state index contributed by atoms with van der Waals surface area (Å²) in [6, 6.07) is 5.18. The van der Waals surface area contributed by atoms with Crippen LogP contribution in [0, 0.1) is 11.7 Å². The van der Waals surface area contributed by atoms with Gasteiger partial charge in [-0.15, -0.1) is 0 Å². The van der Waals surface area contributed by atoms with Crippen LogP contribution in [0.5, 0.6) is 0 Å². The lowest BCUT2D eigenvalue weighted by Gasteiger charge is -2.17. The summed E-state index contributed by atoms with van der Waals surface area (Å²) in [5.41, 5.74) is 0.926. The van der Waals surface area contributed by atoms with Gasteiger partial charge in [0.25, 0.3) is 0 Å². The lowest BCUT2D eigenvalue weighted by atomic mass is 10.0. The molecule has 2 rings (SSSR count). The SMILES string of the molecule is CCNC(CCc1cc(F)ccc1Cl)C1CC1. The third kappa shape index (κ3) is 3.68. The van der Waals surface area contributed by atoms with Crippen LogP contribution < -0.4 is 5.32 Å². The van der Waals surface area contributed by atoms with Gasteiger partial charge in [0.2, 0.25) is 0 Å². The minimum absolute atomic E-state index is 0.198. The Hall–Kier alpha value is -0.600. The molecule has 3 heteroatoms. The van der Waals surface area contributed by atoms with Gasteiger partial charge in [0.1, 0.15) is 5.82 Å². The monoisotopic (exact) mass is 255 g/mol. The van der Waals surface area contributed by atoms with Gasteiger partial charge in [-0.05, 0) is 61.9 Å². The van der Waals surface area contributed by atoms with Gasteiger partial charge < -0.3 is 5.32 Å². The highest BCUT2D eigenvalue weighted by molar-refractivity contribution is 6.31. The van der Waals surface area contributed by atoms with Crippen LogP contribution in [-0.4, -0.2) is 12.6 Å². The third-order valence-corrected chi connectivity index (χ3v) is 3.76. The fourth-order valence-electron chi connectivity index (χ4n) is 2.31. The first-order chi connectivity index (χ1) is 8.20. The van der Waals surface area contributed by atoms with E-state index in [4.69, 9.17) is 11.6 Å². The first-order valence-electron chi connectivity index (χ1n) is 6.38. The Kier molecular flexibility index (Phi) is 4.41. The fourth-order valence-corrected chi connectivity index (χ4v) is 2.52. The maximum Gasteiger partial charge on any atom is 0.123 e. The Labute approximate surface area is 107 Å². The number of benzene rings is 1. The molecule has 0 spiro atoms. The Morgan fingerprint density at radius 2 is 2.24 bits per heavy atom. The molecule has 1 aromatic rings. The second-order valence-electron chi connectivity index (χ2n) is 4.78. The Bertz CT molecular complexity index is 376. The summed E-state index contributed by atoms with van der Waals surface area (Å²) in [5.74, 6) is 0.623. The largest absolute Gasteiger partial charge is 0.314 e. The summed E-state index contributed by atoms with van der Waals surface area (Å²) in [7, 11) is 0. The van der Waals surface area contributed by atoms with Crippen LogP contribution in [0.3, 0.4) is 0 Å². The van der Waals surface area contributed by atoms with Crippen molar-refractivity contribution in [3.63, 3.8) is 0 Å². The van der Waals surface area contributed by atoms with Crippen molar-refractivity contribution in [2.24, 2.45) is 5.92 Å². The van der Waals surface area contributed by atoms with E-state index in [-0.39, 0.29) is 5.82 Å². The van der Waals surface area contributed by atoms with Gasteiger partial charge >= 0.3 is 0 Å². The second-order valence-corrected chi connectivity index (χ2v) is 5.18. The summed E-state index contributed by atoms with van der Waals surface area (Å²) in [6.07, 6.45) is 4.55. The molecular formula is C14H19ClFN. The van der Waals surface area contributed by atoms with Gasteiger partial charge in [0.15, 0.2) is 0 Å². The van der Waals surface area contributed by atoms with Gasteiger partial charge in [-0.1, -0.05) is 18.5 Å². The van der Waals surface area contributed by atoms with Crippen LogP contribution in [0.25, 0.3) is 0 Å². The molecular weight excluding hydrogens is 237 g/mol. The number of rotatable bonds is 6. The molecule has 1 N–H and O–H groups in total. The smallest absolute Gasteiger partial charge is 0.123 e. The van der Waals surface area contributed by atoms with Gasteiger partial charge in [-0.25, -0.2) is 4.39 Å². The maximum absolute atomic E-state index is 13.1. The van der Waals surface area contributed by atoms with E-state index in [0.717, 1.165) is 30.9 Å². The Morgan fingerprint density at radius 1 is 1.47 bits per heavy atom. The normalized spacial score (nSPS) is 17.1. The van der Waals surface area contributed by atoms with Crippen LogP contribution in [-0.2, 0) is 6.42 Å². The van der Waals surface area contributed by atoms with Crippen molar-refractivity contribution in [2.45, 2.75) is 38.6 Å². The zero-order chi connectivity index (χ0) is 12.3. The molecule has 0 amide bonds. The highest BCUT2D eigenvalue weighted by Crippen LogP contribution is 2.34. The number of hydrogen-bond donors (Lipinski definition) is 1. The molecule has 1 fully saturated rings. The summed E-state index contributed by atoms with van der Waals surface area (Å²) < 4.78 is 13.1. The molecule has 17 heavy (non-hydrogen) atoms. The molecule has 1 aromatic carbocycles. The van der Waals surface area contributed by atoms with Crippen molar-refractivity contribution in [1.29, 1.82) is 0 Å². The summed E-state index contributed by atoms with van der Waals surface area (Å²) in [5, 5.41) is 4.19. The van der Waals surface area contributed by atoms with Gasteiger partial charge in [0.05, 0.1) is 0 Å². The standard InChI is InChI=1S/C14H19ClFN/c1-2-17-14(10-3-4-10)8-5-11-9-12(16)6-7-13(11)15/h6-7,9-10,14,17H,2-5,8H2,1H3. The van der Waals surface area contributed by atoms with Gasteiger partial charge in [-0.3, -0.25) is 0 Å². The molecule has 0 radical (unpaired) electrons. The minimum atomic E-state index is -0.198. The first-order valence-corrected chi connectivity index (χ1v) is 6.75. The molecule has 1 unspecified atom stereocenters. The van der Waals surface area contributed by atoms with E-state index >= 15 is 0 Å². The quantitative estimate of drug-likeness (QED) is 0.815. The van der Waals surface area contributed by atoms with Gasteiger partial charge in [0, 0.05) is 11.1 Å². The lowest BCUT2D eigenvalue weighted by molar-refractivity contribution is 0.446. The van der Waals surface area contributed by atoms with E-state index in [1.54, 1.807) is 12.1 Å². The minimum Gasteiger partial charge on any atom is -0.314 e. The van der Waals surface area contributed by atoms with Crippen LogP contribution in [0.2, 0.25) is 5.02 Å². The lowest BCUT2D eigenvalue weighted by Crippen LogP contribution is -2.31. The molecule has 94 valence electrons. The molecule has 0 aromatic heterocycles. The number of nitrogens with one attached hydrogen (secondary N) is 1. The Balaban J connectivity index is 1.93. The van der Waals surface area contributed by atoms with Crippen LogP contribution in [0.1, 0.15) is 31.7 Å². The van der Waals surface area contributed by atoms with E-state index in [9.17, 15) is 4.39 Å². The van der Waals surface area contributed by atoms with Crippen LogP contribution >= 0.6 is 11.6 Å². The fraction of sp³-hybridized carbons (Fsp3) is 0.571. The number of aryl methyl sites for hydroxylation is 1. The van der Waals surface area contributed by atoms with E-state index < -0.39 is 0 Å². The van der Waals surface area contributed by atoms with Crippen molar-refractivity contribution in [3.8, 4) is 0 Å². The average Bonchev–Trinajstić information content (AvgIpc) is 3.12. The molecule has 1 aliphatic carbocycles. The summed E-state index contributed by atoms with van der Waals surface area (Å²) in [4.78, 5) is 0. The molecule has 0 heterocycles. The van der Waals surface area contributed by atoms with Crippen molar-refractivity contribution in [2.75, 3.05) is 6.54 Å².